The summed E-state index contributed by atoms with van der Waals surface area (Å²) in [6.45, 7) is 6.77. The highest BCUT2D eigenvalue weighted by atomic mass is 16.1. The number of carbonyl (C=O) groups is 1. The Kier molecular flexibility index (Phi) is 7.08. The molecule has 4 aromatic rings. The maximum Gasteiger partial charge on any atom is 0.271 e. The van der Waals surface area contributed by atoms with Crippen LogP contribution in [-0.4, -0.2) is 99.0 Å². The minimum Gasteiger partial charge on any atom is -0.371 e. The number of carbonyl (C=O) groups excluding carboxylic acids is 1. The van der Waals surface area contributed by atoms with Gasteiger partial charge in [-0.05, 0) is 57.0 Å². The van der Waals surface area contributed by atoms with E-state index in [-0.39, 0.29) is 5.69 Å². The fraction of sp³-hybridized carbons (Fsp3) is 0.433. The summed E-state index contributed by atoms with van der Waals surface area (Å²) in [6.07, 6.45) is 9.49. The molecule has 5 heterocycles. The number of nitrogens with zero attached hydrogens (tertiary/aromatic N) is 7. The van der Waals surface area contributed by atoms with E-state index in [1.54, 1.807) is 18.7 Å². The largest absolute Gasteiger partial charge is 0.371 e. The molecule has 12 heteroatoms. The van der Waals surface area contributed by atoms with Crippen molar-refractivity contribution in [2.24, 2.45) is 5.73 Å². The van der Waals surface area contributed by atoms with Crippen molar-refractivity contribution >= 4 is 40.0 Å². The maximum absolute atomic E-state index is 12.6. The Morgan fingerprint density at radius 2 is 1.71 bits per heavy atom. The van der Waals surface area contributed by atoms with Crippen molar-refractivity contribution in [3.63, 3.8) is 0 Å². The van der Waals surface area contributed by atoms with E-state index in [0.29, 0.717) is 40.5 Å². The third kappa shape index (κ3) is 5.47. The molecule has 7 rings (SSSR count). The number of hydrogen-bond donors (Lipinski definition) is 4. The predicted octanol–water partition coefficient (Wildman–Crippen LogP) is 3.05. The van der Waals surface area contributed by atoms with Gasteiger partial charge in [-0.1, -0.05) is 0 Å². The van der Waals surface area contributed by atoms with E-state index < -0.39 is 5.91 Å². The number of aromatic amines is 1. The van der Waals surface area contributed by atoms with Crippen molar-refractivity contribution in [1.82, 2.24) is 34.7 Å². The van der Waals surface area contributed by atoms with Crippen molar-refractivity contribution in [2.75, 3.05) is 61.8 Å². The van der Waals surface area contributed by atoms with Crippen LogP contribution >= 0.6 is 0 Å². The summed E-state index contributed by atoms with van der Waals surface area (Å²) in [5.41, 5.74) is 10.5. The number of piperazine rings is 1. The van der Waals surface area contributed by atoms with Gasteiger partial charge in [0.15, 0.2) is 17.3 Å². The van der Waals surface area contributed by atoms with E-state index in [4.69, 9.17) is 15.7 Å². The van der Waals surface area contributed by atoms with Gasteiger partial charge >= 0.3 is 0 Å². The van der Waals surface area contributed by atoms with Crippen LogP contribution in [0, 0.1) is 0 Å². The molecule has 5 N–H and O–H groups in total. The summed E-state index contributed by atoms with van der Waals surface area (Å²) >= 11 is 0. The van der Waals surface area contributed by atoms with E-state index >= 15 is 0 Å². The number of benzene rings is 1. The van der Waals surface area contributed by atoms with E-state index in [0.717, 1.165) is 50.2 Å². The van der Waals surface area contributed by atoms with Gasteiger partial charge < -0.3 is 31.2 Å². The number of anilines is 4. The first-order chi connectivity index (χ1) is 20.5. The Bertz CT molecular complexity index is 1570. The van der Waals surface area contributed by atoms with Gasteiger partial charge in [0, 0.05) is 68.9 Å². The number of primary amides is 1. The van der Waals surface area contributed by atoms with E-state index in [1.165, 1.54) is 31.6 Å². The zero-order chi connectivity index (χ0) is 28.6. The fourth-order valence-corrected chi connectivity index (χ4v) is 6.01. The van der Waals surface area contributed by atoms with Gasteiger partial charge in [0.05, 0.1) is 23.6 Å². The highest BCUT2D eigenvalue weighted by Gasteiger charge is 2.28. The van der Waals surface area contributed by atoms with Crippen LogP contribution in [0.1, 0.15) is 36.2 Å². The Balaban J connectivity index is 1.10. The lowest BCUT2D eigenvalue weighted by Gasteiger charge is -2.42. The van der Waals surface area contributed by atoms with Gasteiger partial charge in [0.1, 0.15) is 11.2 Å². The number of H-pyrrole nitrogens is 1. The molecule has 2 saturated heterocycles. The van der Waals surface area contributed by atoms with Crippen molar-refractivity contribution in [1.29, 1.82) is 0 Å². The van der Waals surface area contributed by atoms with Gasteiger partial charge in [0.25, 0.3) is 5.91 Å². The molecular formula is C30H37N11O. The van der Waals surface area contributed by atoms with Crippen LogP contribution in [0.15, 0.2) is 43.0 Å². The molecule has 3 fully saturated rings. The monoisotopic (exact) mass is 567 g/mol. The number of nitrogens with one attached hydrogen (secondary N) is 3. The zero-order valence-corrected chi connectivity index (χ0v) is 23.9. The van der Waals surface area contributed by atoms with Gasteiger partial charge in [-0.15, -0.1) is 0 Å². The highest BCUT2D eigenvalue weighted by molar-refractivity contribution is 5.99. The van der Waals surface area contributed by atoms with Gasteiger partial charge in [-0.2, -0.15) is 0 Å². The zero-order valence-electron chi connectivity index (χ0n) is 23.9. The summed E-state index contributed by atoms with van der Waals surface area (Å²) in [6, 6.07) is 9.28. The molecule has 3 aromatic heterocycles. The summed E-state index contributed by atoms with van der Waals surface area (Å²) in [5.74, 6) is 0.227. The minimum absolute atomic E-state index is 0.0638. The average Bonchev–Trinajstić information content (AvgIpc) is 3.69. The SMILES string of the molecule is CN1CCN(C2CCN(c3ccc(Nc4nc(NC5CC5)c(-c5cncc6[nH]cnc56)nc4C(N)=O)cc3)CC2)CC1. The third-order valence-electron chi connectivity index (χ3n) is 8.65. The second kappa shape index (κ2) is 11.2. The van der Waals surface area contributed by atoms with Crippen LogP contribution in [0.4, 0.5) is 23.0 Å². The molecule has 0 unspecified atom stereocenters. The van der Waals surface area contributed by atoms with Crippen molar-refractivity contribution < 1.29 is 4.79 Å². The molecule has 0 spiro atoms. The number of rotatable bonds is 8. The number of pyridine rings is 1. The van der Waals surface area contributed by atoms with Crippen LogP contribution in [0.3, 0.4) is 0 Å². The van der Waals surface area contributed by atoms with E-state index in [2.05, 4.69) is 59.5 Å². The Hall–Kier alpha value is -4.29. The van der Waals surface area contributed by atoms with Crippen molar-refractivity contribution in [2.45, 2.75) is 37.8 Å². The second-order valence-corrected chi connectivity index (χ2v) is 11.6. The number of amides is 1. The van der Waals surface area contributed by atoms with Crippen molar-refractivity contribution in [3.8, 4) is 11.3 Å². The topological polar surface area (TPSA) is 144 Å². The lowest BCUT2D eigenvalue weighted by Crippen LogP contribution is -2.52. The maximum atomic E-state index is 12.6. The molecule has 1 aromatic carbocycles. The molecule has 0 radical (unpaired) electrons. The molecule has 1 amide bonds. The first-order valence-corrected chi connectivity index (χ1v) is 14.8. The molecule has 3 aliphatic rings. The standard InChI is InChI=1S/C30H37N11O/c1-39-12-14-41(15-13-39)22-8-10-40(11-9-22)21-6-4-20(5-7-21)36-30-27(28(31)42)37-26(29(38-30)35-19-2-3-19)23-16-32-17-24-25(23)34-18-33-24/h4-7,16-19,22H,2-3,8-15H2,1H3,(H2,31,42)(H,33,34)(H2,35,36,38). The highest BCUT2D eigenvalue weighted by Crippen LogP contribution is 2.35. The summed E-state index contributed by atoms with van der Waals surface area (Å²) < 4.78 is 0. The molecule has 0 bridgehead atoms. The van der Waals surface area contributed by atoms with Gasteiger partial charge in [-0.25, -0.2) is 15.0 Å². The van der Waals surface area contributed by atoms with E-state index in [9.17, 15) is 4.79 Å². The second-order valence-electron chi connectivity index (χ2n) is 11.6. The molecule has 2 aliphatic heterocycles. The summed E-state index contributed by atoms with van der Waals surface area (Å²) in [4.78, 5) is 41.5. The number of nitrogens with two attached hydrogens (primary N) is 1. The van der Waals surface area contributed by atoms with Crippen LogP contribution in [-0.2, 0) is 0 Å². The Morgan fingerprint density at radius 1 is 0.952 bits per heavy atom. The Labute approximate surface area is 244 Å². The lowest BCUT2D eigenvalue weighted by molar-refractivity contribution is 0.0982. The fourth-order valence-electron chi connectivity index (χ4n) is 6.01. The van der Waals surface area contributed by atoms with Crippen LogP contribution < -0.4 is 21.3 Å². The predicted molar refractivity (Wildman–Crippen MR) is 164 cm³/mol. The molecule has 0 atom stereocenters. The molecule has 1 aliphatic carbocycles. The average molecular weight is 568 g/mol. The van der Waals surface area contributed by atoms with Crippen LogP contribution in [0.2, 0.25) is 0 Å². The Morgan fingerprint density at radius 3 is 2.43 bits per heavy atom. The number of aromatic nitrogens is 5. The van der Waals surface area contributed by atoms with Gasteiger partial charge in [-0.3, -0.25) is 14.7 Å². The van der Waals surface area contributed by atoms with Gasteiger partial charge in [0.2, 0.25) is 0 Å². The minimum atomic E-state index is -0.661. The molecule has 12 nitrogen and oxygen atoms in total. The van der Waals surface area contributed by atoms with Crippen LogP contribution in [0.5, 0.6) is 0 Å². The summed E-state index contributed by atoms with van der Waals surface area (Å²) in [5, 5.41) is 6.77. The summed E-state index contributed by atoms with van der Waals surface area (Å²) in [7, 11) is 2.21. The van der Waals surface area contributed by atoms with E-state index in [1.807, 2.05) is 12.1 Å². The first kappa shape index (κ1) is 26.6. The first-order valence-electron chi connectivity index (χ1n) is 14.8. The van der Waals surface area contributed by atoms with Crippen molar-refractivity contribution in [3.05, 3.63) is 48.7 Å². The normalized spacial score (nSPS) is 18.8. The quantitative estimate of drug-likeness (QED) is 0.251. The smallest absolute Gasteiger partial charge is 0.271 e. The molecule has 218 valence electrons. The molecule has 1 saturated carbocycles. The number of likely N-dealkylation sites (N-methyl/N-ethyl adjacent to an activating group) is 1. The lowest BCUT2D eigenvalue weighted by atomic mass is 10.0. The molecule has 42 heavy (non-hydrogen) atoms. The number of imidazole rings is 1. The number of piperidine rings is 1. The number of fused-ring (bicyclic) bond motifs is 1. The third-order valence-corrected chi connectivity index (χ3v) is 8.65. The molecular weight excluding hydrogens is 530 g/mol. The number of hydrogen-bond acceptors (Lipinski definition) is 10. The van der Waals surface area contributed by atoms with Crippen LogP contribution in [0.25, 0.3) is 22.3 Å².